The molecule has 2 aromatic rings. The number of benzene rings is 2. The van der Waals surface area contributed by atoms with Crippen molar-refractivity contribution in [3.8, 4) is 0 Å². The molecule has 34 heavy (non-hydrogen) atoms. The molecule has 188 valence electrons. The topological polar surface area (TPSA) is 80.3 Å². The zero-order chi connectivity index (χ0) is 26.0. The largest absolute Gasteiger partial charge is 0.511 e. The normalized spacial score (nSPS) is 24.0. The van der Waals surface area contributed by atoms with Crippen LogP contribution >= 0.6 is 0 Å². The fourth-order valence-corrected chi connectivity index (χ4v) is 7.40. The number of sulfone groups is 1. The molecule has 1 aliphatic carbocycles. The highest BCUT2D eigenvalue weighted by atomic mass is 32.2. The predicted octanol–water partition coefficient (Wildman–Crippen LogP) is 4.64. The van der Waals surface area contributed by atoms with Gasteiger partial charge in [0.05, 0.1) is 10.5 Å². The molecule has 0 spiro atoms. The molecule has 0 unspecified atom stereocenters. The Hall–Kier alpha value is -2.26. The molecule has 1 fully saturated rings. The van der Waals surface area contributed by atoms with Crippen molar-refractivity contribution >= 4 is 19.9 Å². The molecule has 0 aliphatic heterocycles. The maximum atomic E-state index is 14.6. The van der Waals surface area contributed by atoms with E-state index in [1.807, 2.05) is 0 Å². The molecule has 1 saturated carbocycles. The maximum absolute atomic E-state index is 14.6. The highest BCUT2D eigenvalue weighted by Crippen LogP contribution is 2.57. The highest BCUT2D eigenvalue weighted by Gasteiger charge is 2.64. The van der Waals surface area contributed by atoms with E-state index in [4.69, 9.17) is 0 Å². The Morgan fingerprint density at radius 2 is 1.38 bits per heavy atom. The average Bonchev–Trinajstić information content (AvgIpc) is 2.65. The molecule has 2 aromatic carbocycles. The molecular weight excluding hydrogens is 522 g/mol. The van der Waals surface area contributed by atoms with Crippen LogP contribution in [0, 0.1) is 11.6 Å². The van der Waals surface area contributed by atoms with Crippen LogP contribution in [0.4, 0.5) is 35.1 Å². The summed E-state index contributed by atoms with van der Waals surface area (Å²) in [6.07, 6.45) is -6.72. The molecule has 0 heterocycles. The highest BCUT2D eigenvalue weighted by molar-refractivity contribution is 7.92. The Morgan fingerprint density at radius 3 is 1.85 bits per heavy atom. The summed E-state index contributed by atoms with van der Waals surface area (Å²) < 4.78 is 154. The van der Waals surface area contributed by atoms with Crippen molar-refractivity contribution in [3.63, 3.8) is 0 Å². The Balaban J connectivity index is 2.13. The molecule has 5 nitrogen and oxygen atoms in total. The van der Waals surface area contributed by atoms with Gasteiger partial charge in [-0.3, -0.25) is 0 Å². The van der Waals surface area contributed by atoms with E-state index in [0.717, 1.165) is 6.92 Å². The molecule has 0 atom stereocenters. The van der Waals surface area contributed by atoms with Crippen LogP contribution in [0.15, 0.2) is 47.4 Å². The lowest BCUT2D eigenvalue weighted by Crippen LogP contribution is -2.66. The van der Waals surface area contributed by atoms with Crippen LogP contribution < -0.4 is 4.72 Å². The number of nitrogens with one attached hydrogen (secondary N) is 1. The lowest BCUT2D eigenvalue weighted by atomic mass is 9.66. The van der Waals surface area contributed by atoms with Crippen molar-refractivity contribution < 1.29 is 52.0 Å². The Bertz CT molecular complexity index is 1310. The molecule has 0 bridgehead atoms. The summed E-state index contributed by atoms with van der Waals surface area (Å²) in [5.74, 6) is -2.35. The lowest BCUT2D eigenvalue weighted by molar-refractivity contribution is -0.137. The SMILES string of the molecule is CC1(NS(=O)(=O)C(F)(F)F)CC(c2cc(F)ccc2F)(S(=O)(=O)c2ccc(C(F)(F)F)cc2)C1. The van der Waals surface area contributed by atoms with Gasteiger partial charge in [0.1, 0.15) is 16.4 Å². The Labute approximate surface area is 188 Å². The van der Waals surface area contributed by atoms with E-state index in [9.17, 15) is 52.0 Å². The van der Waals surface area contributed by atoms with Gasteiger partial charge >= 0.3 is 21.7 Å². The first kappa shape index (κ1) is 26.3. The van der Waals surface area contributed by atoms with E-state index in [-0.39, 0.29) is 0 Å². The van der Waals surface area contributed by atoms with E-state index in [1.54, 1.807) is 0 Å². The smallest absolute Gasteiger partial charge is 0.223 e. The summed E-state index contributed by atoms with van der Waals surface area (Å²) in [5, 5.41) is 0. The number of alkyl halides is 6. The van der Waals surface area contributed by atoms with Gasteiger partial charge in [0.15, 0.2) is 9.84 Å². The van der Waals surface area contributed by atoms with Gasteiger partial charge in [0.2, 0.25) is 0 Å². The minimum absolute atomic E-state index is 0.437. The van der Waals surface area contributed by atoms with E-state index in [2.05, 4.69) is 0 Å². The summed E-state index contributed by atoms with van der Waals surface area (Å²) in [6, 6.07) is 3.75. The third kappa shape index (κ3) is 4.40. The predicted molar refractivity (Wildman–Crippen MR) is 102 cm³/mol. The van der Waals surface area contributed by atoms with Gasteiger partial charge in [-0.2, -0.15) is 26.3 Å². The van der Waals surface area contributed by atoms with Crippen molar-refractivity contribution in [2.24, 2.45) is 0 Å². The Kier molecular flexibility index (Phi) is 6.11. The van der Waals surface area contributed by atoms with Gasteiger partial charge in [-0.05, 0) is 62.2 Å². The number of hydrogen-bond acceptors (Lipinski definition) is 4. The number of rotatable bonds is 5. The maximum Gasteiger partial charge on any atom is 0.511 e. The number of sulfonamides is 1. The minimum atomic E-state index is -5.94. The first-order chi connectivity index (χ1) is 15.2. The van der Waals surface area contributed by atoms with Crippen molar-refractivity contribution in [1.29, 1.82) is 0 Å². The van der Waals surface area contributed by atoms with Crippen molar-refractivity contribution in [2.45, 2.75) is 46.6 Å². The molecule has 0 aromatic heterocycles. The lowest BCUT2D eigenvalue weighted by Gasteiger charge is -2.53. The average molecular weight is 537 g/mol. The molecule has 3 rings (SSSR count). The minimum Gasteiger partial charge on any atom is -0.223 e. The van der Waals surface area contributed by atoms with Crippen molar-refractivity contribution in [3.05, 3.63) is 65.2 Å². The number of hydrogen-bond donors (Lipinski definition) is 1. The van der Waals surface area contributed by atoms with Crippen LogP contribution in [-0.2, 0) is 30.8 Å². The van der Waals surface area contributed by atoms with Gasteiger partial charge in [-0.1, -0.05) is 0 Å². The fraction of sp³-hybridized carbons (Fsp3) is 0.368. The second kappa shape index (κ2) is 7.88. The second-order valence-corrected chi connectivity index (χ2v) is 12.0. The molecule has 1 aliphatic rings. The summed E-state index contributed by atoms with van der Waals surface area (Å²) in [5.41, 5.74) is -9.78. The molecule has 1 N–H and O–H groups in total. The van der Waals surface area contributed by atoms with Gasteiger partial charge in [0, 0.05) is 11.1 Å². The van der Waals surface area contributed by atoms with Crippen LogP contribution in [0.25, 0.3) is 0 Å². The quantitative estimate of drug-likeness (QED) is 0.564. The van der Waals surface area contributed by atoms with E-state index in [1.165, 1.54) is 4.72 Å². The molecule has 0 amide bonds. The molecular formula is C19H15F8NO4S2. The van der Waals surface area contributed by atoms with Crippen LogP contribution in [0.5, 0.6) is 0 Å². The first-order valence-electron chi connectivity index (χ1n) is 9.22. The first-order valence-corrected chi connectivity index (χ1v) is 12.2. The zero-order valence-electron chi connectivity index (χ0n) is 16.9. The monoisotopic (exact) mass is 537 g/mol. The van der Waals surface area contributed by atoms with Crippen LogP contribution in [-0.4, -0.2) is 27.9 Å². The third-order valence-corrected chi connectivity index (χ3v) is 9.26. The summed E-state index contributed by atoms with van der Waals surface area (Å²) in [4.78, 5) is -0.745. The van der Waals surface area contributed by atoms with Crippen LogP contribution in [0.2, 0.25) is 0 Å². The summed E-state index contributed by atoms with van der Waals surface area (Å²) >= 11 is 0. The van der Waals surface area contributed by atoms with Crippen molar-refractivity contribution in [1.82, 2.24) is 4.72 Å². The van der Waals surface area contributed by atoms with E-state index in [0.29, 0.717) is 42.5 Å². The Morgan fingerprint density at radius 1 is 0.853 bits per heavy atom. The summed E-state index contributed by atoms with van der Waals surface area (Å²) in [7, 11) is -10.8. The van der Waals surface area contributed by atoms with Gasteiger partial charge in [-0.15, -0.1) is 0 Å². The third-order valence-electron chi connectivity index (χ3n) is 5.46. The van der Waals surface area contributed by atoms with E-state index < -0.39 is 82.3 Å². The van der Waals surface area contributed by atoms with Crippen LogP contribution in [0.1, 0.15) is 30.9 Å². The summed E-state index contributed by atoms with van der Waals surface area (Å²) in [6.45, 7) is 0.939. The van der Waals surface area contributed by atoms with Crippen molar-refractivity contribution in [2.75, 3.05) is 0 Å². The van der Waals surface area contributed by atoms with E-state index >= 15 is 0 Å². The number of halogens is 8. The molecule has 0 saturated heterocycles. The van der Waals surface area contributed by atoms with Crippen LogP contribution in [0.3, 0.4) is 0 Å². The van der Waals surface area contributed by atoms with Gasteiger partial charge < -0.3 is 0 Å². The molecule has 0 radical (unpaired) electrons. The zero-order valence-corrected chi connectivity index (χ0v) is 18.6. The fourth-order valence-electron chi connectivity index (χ4n) is 4.08. The second-order valence-electron chi connectivity index (χ2n) is 8.11. The molecule has 15 heteroatoms. The van der Waals surface area contributed by atoms with Gasteiger partial charge in [0.25, 0.3) is 0 Å². The van der Waals surface area contributed by atoms with Gasteiger partial charge in [-0.25, -0.2) is 30.3 Å². The standard InChI is InChI=1S/C19H15F8NO4S2/c1-16(28-34(31,32)19(25,26)27)9-17(10-16,14-8-12(20)4-7-15(14)21)33(29,30)13-5-2-11(3-6-13)18(22,23)24/h2-8,28H,9-10H2,1H3.